The van der Waals surface area contributed by atoms with Crippen molar-refractivity contribution in [3.63, 3.8) is 0 Å². The molecular formula is C28H48N2O3Sn. The molecule has 1 aromatic carbocycles. The number of benzene rings is 1. The van der Waals surface area contributed by atoms with Crippen molar-refractivity contribution in [2.45, 2.75) is 91.5 Å². The Bertz CT molecular complexity index is 770. The first-order chi connectivity index (χ1) is 16.5. The number of unbranched alkanes of at least 4 members (excludes halogenated alkanes) is 3. The second-order valence-corrected chi connectivity index (χ2v) is 23.8. The molecule has 3 heterocycles. The summed E-state index contributed by atoms with van der Waals surface area (Å²) in [7, 11) is 3.36. The van der Waals surface area contributed by atoms with Crippen molar-refractivity contribution < 1.29 is 14.3 Å². The molecular weight excluding hydrogens is 531 g/mol. The van der Waals surface area contributed by atoms with E-state index in [2.05, 4.69) is 43.1 Å². The topological polar surface area (TPSA) is 50.8 Å². The molecule has 4 rings (SSSR count). The zero-order valence-corrected chi connectivity index (χ0v) is 25.2. The molecule has 3 saturated heterocycles. The third-order valence-corrected chi connectivity index (χ3v) is 23.9. The van der Waals surface area contributed by atoms with Crippen LogP contribution in [0, 0.1) is 5.92 Å². The Kier molecular flexibility index (Phi) is 10.9. The molecule has 1 atom stereocenters. The van der Waals surface area contributed by atoms with Crippen LogP contribution in [-0.2, 0) is 0 Å². The molecule has 3 fully saturated rings. The summed E-state index contributed by atoms with van der Waals surface area (Å²) in [5.41, 5.74) is 0.680. The van der Waals surface area contributed by atoms with E-state index in [0.29, 0.717) is 17.2 Å². The number of carbonyl (C=O) groups excluding carboxylic acids is 1. The van der Waals surface area contributed by atoms with Crippen LogP contribution in [0.2, 0.25) is 13.3 Å². The Balaban J connectivity index is 2.00. The number of piperidine rings is 3. The van der Waals surface area contributed by atoms with Crippen LogP contribution < -0.4 is 18.4 Å². The summed E-state index contributed by atoms with van der Waals surface area (Å²) in [4.78, 5) is 16.2. The van der Waals surface area contributed by atoms with Crippen molar-refractivity contribution in [2.75, 3.05) is 33.9 Å². The number of hydrogen-bond donors (Lipinski definition) is 1. The summed E-state index contributed by atoms with van der Waals surface area (Å²) in [6, 6.07) is 4.72. The number of methoxy groups -OCH3 is 2. The van der Waals surface area contributed by atoms with Gasteiger partial charge in [-0.1, -0.05) is 0 Å². The molecule has 1 amide bonds. The molecule has 1 N–H and O–H groups in total. The van der Waals surface area contributed by atoms with Crippen LogP contribution in [0.3, 0.4) is 0 Å². The van der Waals surface area contributed by atoms with Crippen molar-refractivity contribution in [1.29, 1.82) is 0 Å². The van der Waals surface area contributed by atoms with E-state index in [-0.39, 0.29) is 11.9 Å². The van der Waals surface area contributed by atoms with Gasteiger partial charge >= 0.3 is 213 Å². The summed E-state index contributed by atoms with van der Waals surface area (Å²) in [5.74, 6) is 1.93. The second-order valence-electron chi connectivity index (χ2n) is 10.6. The number of nitrogens with zero attached hydrogens (tertiary/aromatic N) is 1. The molecule has 192 valence electrons. The van der Waals surface area contributed by atoms with Gasteiger partial charge in [-0.25, -0.2) is 0 Å². The monoisotopic (exact) mass is 580 g/mol. The normalized spacial score (nSPS) is 22.0. The molecule has 6 heteroatoms. The third kappa shape index (κ3) is 6.43. The van der Waals surface area contributed by atoms with Gasteiger partial charge in [-0.05, 0) is 0 Å². The standard InChI is InChI=1S/C16H21N2O3.3C4H9.Sn/c1-20-14-5-3-4-12(15(14)21-2)16(19)17-13-10-18-8-6-11(13)7-9-18;3*1-3-4-2;/h4-5,11,13H,6-10H2,1-2H3,(H,17,19);3*1,3-4H2,2H3;. The number of fused-ring (bicyclic) bond motifs is 3. The fraction of sp³-hybridized carbons (Fsp3) is 0.750. The Labute approximate surface area is 212 Å². The van der Waals surface area contributed by atoms with Crippen LogP contribution in [0.5, 0.6) is 11.5 Å². The maximum atomic E-state index is 13.7. The summed E-state index contributed by atoms with van der Waals surface area (Å²) in [5, 5.41) is 3.41. The van der Waals surface area contributed by atoms with Crippen LogP contribution in [0.25, 0.3) is 0 Å². The average Bonchev–Trinajstić information content (AvgIpc) is 2.88. The summed E-state index contributed by atoms with van der Waals surface area (Å²) in [6.07, 6.45) is 9.95. The second kappa shape index (κ2) is 13.4. The predicted octanol–water partition coefficient (Wildman–Crippen LogP) is 5.58. The molecule has 0 aliphatic carbocycles. The van der Waals surface area contributed by atoms with Gasteiger partial charge in [0.2, 0.25) is 0 Å². The van der Waals surface area contributed by atoms with E-state index in [0.717, 1.165) is 12.3 Å². The molecule has 1 unspecified atom stereocenters. The van der Waals surface area contributed by atoms with Gasteiger partial charge in [-0.2, -0.15) is 0 Å². The van der Waals surface area contributed by atoms with E-state index < -0.39 is 18.4 Å². The van der Waals surface area contributed by atoms with E-state index in [1.165, 1.54) is 81.3 Å². The first-order valence-electron chi connectivity index (χ1n) is 13.8. The fourth-order valence-electron chi connectivity index (χ4n) is 6.17. The first-order valence-corrected chi connectivity index (χ1v) is 21.3. The number of hydrogen-bond acceptors (Lipinski definition) is 4. The molecule has 1 aromatic rings. The molecule has 34 heavy (non-hydrogen) atoms. The zero-order chi connectivity index (χ0) is 24.6. The summed E-state index contributed by atoms with van der Waals surface area (Å²) < 4.78 is 17.2. The van der Waals surface area contributed by atoms with Crippen molar-refractivity contribution in [2.24, 2.45) is 5.92 Å². The van der Waals surface area contributed by atoms with Crippen molar-refractivity contribution >= 4 is 27.9 Å². The van der Waals surface area contributed by atoms with Gasteiger partial charge in [0.1, 0.15) is 0 Å². The van der Waals surface area contributed by atoms with Crippen molar-refractivity contribution in [3.05, 3.63) is 17.7 Å². The Morgan fingerprint density at radius 3 is 2.00 bits per heavy atom. The third-order valence-electron chi connectivity index (χ3n) is 8.34. The minimum atomic E-state index is -2.74. The summed E-state index contributed by atoms with van der Waals surface area (Å²) in [6.45, 7) is 10.2. The molecule has 0 spiro atoms. The van der Waals surface area contributed by atoms with Gasteiger partial charge < -0.3 is 0 Å². The fourth-order valence-corrected chi connectivity index (χ4v) is 22.1. The van der Waals surface area contributed by atoms with Gasteiger partial charge in [0.15, 0.2) is 0 Å². The zero-order valence-electron chi connectivity index (χ0n) is 22.4. The average molecular weight is 579 g/mol. The van der Waals surface area contributed by atoms with Gasteiger partial charge in [0.05, 0.1) is 0 Å². The van der Waals surface area contributed by atoms with Crippen LogP contribution in [-0.4, -0.2) is 69.1 Å². The molecule has 3 aliphatic heterocycles. The molecule has 0 saturated carbocycles. The molecule has 5 nitrogen and oxygen atoms in total. The molecule has 3 aliphatic rings. The van der Waals surface area contributed by atoms with E-state index in [1.807, 2.05) is 0 Å². The Morgan fingerprint density at radius 2 is 1.56 bits per heavy atom. The molecule has 0 aromatic heterocycles. The van der Waals surface area contributed by atoms with E-state index in [9.17, 15) is 4.79 Å². The van der Waals surface area contributed by atoms with Crippen LogP contribution >= 0.6 is 0 Å². The van der Waals surface area contributed by atoms with E-state index >= 15 is 0 Å². The number of rotatable bonds is 14. The number of ether oxygens (including phenoxy) is 2. The van der Waals surface area contributed by atoms with Crippen LogP contribution in [0.1, 0.15) is 82.5 Å². The number of nitrogens with one attached hydrogen (secondary N) is 1. The maximum absolute atomic E-state index is 13.7. The molecule has 2 bridgehead atoms. The predicted molar refractivity (Wildman–Crippen MR) is 144 cm³/mol. The van der Waals surface area contributed by atoms with Gasteiger partial charge in [-0.15, -0.1) is 0 Å². The van der Waals surface area contributed by atoms with Crippen molar-refractivity contribution in [1.82, 2.24) is 10.2 Å². The SMILES string of the molecule is CCC[CH2][Sn]([CH2]CCC)([CH2]CCC)[c]1cc(OC)c(OC)c(C(=O)NC2CN3CCC2CC3)c1. The van der Waals surface area contributed by atoms with E-state index in [1.54, 1.807) is 14.2 Å². The number of carbonyl (C=O) groups is 1. The summed E-state index contributed by atoms with van der Waals surface area (Å²) >= 11 is -2.74. The Morgan fingerprint density at radius 1 is 0.971 bits per heavy atom. The Hall–Kier alpha value is -0.951. The first kappa shape index (κ1) is 27.6. The number of amides is 1. The van der Waals surface area contributed by atoms with Gasteiger partial charge in [0.25, 0.3) is 0 Å². The van der Waals surface area contributed by atoms with Gasteiger partial charge in [0, 0.05) is 0 Å². The molecule has 0 radical (unpaired) electrons. The van der Waals surface area contributed by atoms with Crippen molar-refractivity contribution in [3.8, 4) is 11.5 Å². The minimum absolute atomic E-state index is 0.0115. The van der Waals surface area contributed by atoms with E-state index in [4.69, 9.17) is 9.47 Å². The van der Waals surface area contributed by atoms with Gasteiger partial charge in [-0.3, -0.25) is 0 Å². The quantitative estimate of drug-likeness (QED) is 0.293. The van der Waals surface area contributed by atoms with Crippen LogP contribution in [0.15, 0.2) is 12.1 Å². The van der Waals surface area contributed by atoms with Crippen LogP contribution in [0.4, 0.5) is 0 Å².